The molecule has 0 saturated heterocycles. The summed E-state index contributed by atoms with van der Waals surface area (Å²) in [5.41, 5.74) is 3.66. The van der Waals surface area contributed by atoms with Gasteiger partial charge in [0.2, 0.25) is 0 Å². The van der Waals surface area contributed by atoms with Crippen LogP contribution in [0.2, 0.25) is 0 Å². The van der Waals surface area contributed by atoms with E-state index in [1.807, 2.05) is 30.3 Å². The second kappa shape index (κ2) is 8.47. The number of rotatable bonds is 7. The average Bonchev–Trinajstić information content (AvgIpc) is 2.98. The van der Waals surface area contributed by atoms with Crippen molar-refractivity contribution in [1.29, 1.82) is 0 Å². The normalized spacial score (nSPS) is 14.5. The van der Waals surface area contributed by atoms with Crippen LogP contribution < -0.4 is 5.32 Å². The van der Waals surface area contributed by atoms with Crippen LogP contribution in [0.25, 0.3) is 0 Å². The van der Waals surface area contributed by atoms with Crippen molar-refractivity contribution < 1.29 is 9.90 Å². The first kappa shape index (κ1) is 18.6. The van der Waals surface area contributed by atoms with Gasteiger partial charge in [-0.15, -0.1) is 0 Å². The minimum atomic E-state index is -0.145. The number of hydrogen-bond donors (Lipinski definition) is 2. The Morgan fingerprint density at radius 1 is 1.31 bits per heavy atom. The molecule has 1 aliphatic rings. The summed E-state index contributed by atoms with van der Waals surface area (Å²) < 4.78 is 1.81. The number of nitrogens with zero attached hydrogens (tertiary/aromatic N) is 3. The van der Waals surface area contributed by atoms with Crippen LogP contribution in [0.1, 0.15) is 41.2 Å². The van der Waals surface area contributed by atoms with Crippen LogP contribution in [0.3, 0.4) is 0 Å². The zero-order valence-electron chi connectivity index (χ0n) is 15.6. The fourth-order valence-corrected chi connectivity index (χ4v) is 3.54. The van der Waals surface area contributed by atoms with E-state index in [1.165, 1.54) is 0 Å². The second-order valence-electron chi connectivity index (χ2n) is 7.27. The third kappa shape index (κ3) is 4.31. The maximum absolute atomic E-state index is 12.8. The van der Waals surface area contributed by atoms with Crippen LogP contribution in [0.4, 0.5) is 0 Å². The standard InChI is InChI=1S/C20H28N4O2/c1-15(2)13-23-9-8-18-17(14-23)19(22-24(18)10-11-25)20(26)21-12-16-6-4-3-5-7-16/h3-7,15,25H,8-14H2,1-2H3,(H,21,26). The molecule has 3 rings (SSSR count). The zero-order chi connectivity index (χ0) is 18.5. The SMILES string of the molecule is CC(C)CN1CCc2c(c(C(=O)NCc3ccccc3)nn2CCO)C1. The molecule has 1 aliphatic heterocycles. The van der Waals surface area contributed by atoms with Gasteiger partial charge < -0.3 is 10.4 Å². The minimum absolute atomic E-state index is 0.0227. The molecule has 0 saturated carbocycles. The van der Waals surface area contributed by atoms with Gasteiger partial charge in [0.15, 0.2) is 5.69 Å². The lowest BCUT2D eigenvalue weighted by molar-refractivity contribution is 0.0942. The van der Waals surface area contributed by atoms with Gasteiger partial charge in [-0.2, -0.15) is 5.10 Å². The van der Waals surface area contributed by atoms with Crippen LogP contribution >= 0.6 is 0 Å². The Kier molecular flexibility index (Phi) is 6.06. The molecular formula is C20H28N4O2. The highest BCUT2D eigenvalue weighted by atomic mass is 16.3. The van der Waals surface area contributed by atoms with Gasteiger partial charge in [0, 0.05) is 43.9 Å². The van der Waals surface area contributed by atoms with Gasteiger partial charge in [-0.3, -0.25) is 14.4 Å². The van der Waals surface area contributed by atoms with E-state index >= 15 is 0 Å². The maximum atomic E-state index is 12.8. The van der Waals surface area contributed by atoms with Crippen LogP contribution in [0.15, 0.2) is 30.3 Å². The lowest BCUT2D eigenvalue weighted by Crippen LogP contribution is -2.35. The number of aromatic nitrogens is 2. The smallest absolute Gasteiger partial charge is 0.272 e. The van der Waals surface area contributed by atoms with Gasteiger partial charge in [-0.25, -0.2) is 0 Å². The van der Waals surface area contributed by atoms with E-state index in [1.54, 1.807) is 4.68 Å². The lowest BCUT2D eigenvalue weighted by atomic mass is 10.0. The number of amides is 1. The molecule has 1 aromatic heterocycles. The minimum Gasteiger partial charge on any atom is -0.394 e. The third-order valence-electron chi connectivity index (χ3n) is 4.66. The fourth-order valence-electron chi connectivity index (χ4n) is 3.54. The van der Waals surface area contributed by atoms with E-state index in [9.17, 15) is 9.90 Å². The number of hydrogen-bond acceptors (Lipinski definition) is 4. The fraction of sp³-hybridized carbons (Fsp3) is 0.500. The van der Waals surface area contributed by atoms with Crippen molar-refractivity contribution in [2.24, 2.45) is 5.92 Å². The van der Waals surface area contributed by atoms with Crippen LogP contribution in [0.5, 0.6) is 0 Å². The van der Waals surface area contributed by atoms with E-state index in [4.69, 9.17) is 0 Å². The first-order valence-electron chi connectivity index (χ1n) is 9.32. The average molecular weight is 356 g/mol. The van der Waals surface area contributed by atoms with Gasteiger partial charge in [-0.05, 0) is 11.5 Å². The largest absolute Gasteiger partial charge is 0.394 e. The number of nitrogens with one attached hydrogen (secondary N) is 1. The van der Waals surface area contributed by atoms with E-state index < -0.39 is 0 Å². The molecule has 6 nitrogen and oxygen atoms in total. The molecule has 2 aromatic rings. The molecule has 0 fully saturated rings. The Morgan fingerprint density at radius 3 is 2.77 bits per heavy atom. The van der Waals surface area contributed by atoms with Gasteiger partial charge in [0.05, 0.1) is 13.2 Å². The van der Waals surface area contributed by atoms with Crippen molar-refractivity contribution in [2.45, 2.75) is 39.9 Å². The number of aliphatic hydroxyl groups is 1. The quantitative estimate of drug-likeness (QED) is 0.794. The summed E-state index contributed by atoms with van der Waals surface area (Å²) in [6, 6.07) is 9.86. The summed E-state index contributed by atoms with van der Waals surface area (Å²) in [5, 5.41) is 16.8. The van der Waals surface area contributed by atoms with Crippen molar-refractivity contribution in [3.8, 4) is 0 Å². The van der Waals surface area contributed by atoms with Crippen LogP contribution in [0, 0.1) is 5.92 Å². The van der Waals surface area contributed by atoms with Gasteiger partial charge in [0.25, 0.3) is 5.91 Å². The second-order valence-corrected chi connectivity index (χ2v) is 7.27. The Bertz CT molecular complexity index is 740. The van der Waals surface area contributed by atoms with E-state index in [-0.39, 0.29) is 12.5 Å². The van der Waals surface area contributed by atoms with Crippen LogP contribution in [-0.2, 0) is 26.1 Å². The molecule has 6 heteroatoms. The number of carbonyl (C=O) groups is 1. The maximum Gasteiger partial charge on any atom is 0.272 e. The number of carbonyl (C=O) groups excluding carboxylic acids is 1. The van der Waals surface area contributed by atoms with E-state index in [0.29, 0.717) is 24.7 Å². The summed E-state index contributed by atoms with van der Waals surface area (Å²) >= 11 is 0. The molecule has 0 aliphatic carbocycles. The molecule has 0 spiro atoms. The Hall–Kier alpha value is -2.18. The molecular weight excluding hydrogens is 328 g/mol. The predicted octanol–water partition coefficient (Wildman–Crippen LogP) is 1.82. The van der Waals surface area contributed by atoms with Gasteiger partial charge in [0.1, 0.15) is 0 Å². The summed E-state index contributed by atoms with van der Waals surface area (Å²) in [4.78, 5) is 15.1. The molecule has 2 heterocycles. The van der Waals surface area contributed by atoms with E-state index in [0.717, 1.165) is 42.9 Å². The molecule has 1 amide bonds. The molecule has 26 heavy (non-hydrogen) atoms. The summed E-state index contributed by atoms with van der Waals surface area (Å²) in [5.74, 6) is 0.438. The van der Waals surface area contributed by atoms with Crippen molar-refractivity contribution in [3.63, 3.8) is 0 Å². The van der Waals surface area contributed by atoms with Gasteiger partial charge in [-0.1, -0.05) is 44.2 Å². The third-order valence-corrected chi connectivity index (χ3v) is 4.66. The first-order valence-corrected chi connectivity index (χ1v) is 9.32. The van der Waals surface area contributed by atoms with Gasteiger partial charge >= 0.3 is 0 Å². The molecule has 0 atom stereocenters. The highest BCUT2D eigenvalue weighted by Crippen LogP contribution is 2.23. The Balaban J connectivity index is 1.78. The lowest BCUT2D eigenvalue weighted by Gasteiger charge is -2.29. The summed E-state index contributed by atoms with van der Waals surface area (Å²) in [6.07, 6.45) is 0.862. The molecule has 0 bridgehead atoms. The number of benzene rings is 1. The van der Waals surface area contributed by atoms with Crippen LogP contribution in [-0.4, -0.2) is 45.4 Å². The monoisotopic (exact) mass is 356 g/mol. The summed E-state index contributed by atoms with van der Waals surface area (Å²) in [6.45, 7) is 8.07. The number of fused-ring (bicyclic) bond motifs is 1. The van der Waals surface area contributed by atoms with Crippen molar-refractivity contribution >= 4 is 5.91 Å². The molecule has 140 valence electrons. The number of aliphatic hydroxyl groups excluding tert-OH is 1. The van der Waals surface area contributed by atoms with Crippen molar-refractivity contribution in [1.82, 2.24) is 20.0 Å². The highest BCUT2D eigenvalue weighted by Gasteiger charge is 2.28. The molecule has 1 aromatic carbocycles. The first-order chi connectivity index (χ1) is 12.6. The molecule has 2 N–H and O–H groups in total. The van der Waals surface area contributed by atoms with E-state index in [2.05, 4.69) is 29.2 Å². The molecule has 0 unspecified atom stereocenters. The van der Waals surface area contributed by atoms with Crippen molar-refractivity contribution in [3.05, 3.63) is 52.8 Å². The zero-order valence-corrected chi connectivity index (χ0v) is 15.6. The Labute approximate surface area is 154 Å². The summed E-state index contributed by atoms with van der Waals surface area (Å²) in [7, 11) is 0. The Morgan fingerprint density at radius 2 is 2.08 bits per heavy atom. The molecule has 0 radical (unpaired) electrons. The van der Waals surface area contributed by atoms with Crippen molar-refractivity contribution in [2.75, 3.05) is 19.7 Å². The topological polar surface area (TPSA) is 70.4 Å². The predicted molar refractivity (Wildman–Crippen MR) is 101 cm³/mol. The highest BCUT2D eigenvalue weighted by molar-refractivity contribution is 5.94.